The molecule has 1 aliphatic heterocycles. The molecule has 35 heavy (non-hydrogen) atoms. The van der Waals surface area contributed by atoms with Gasteiger partial charge in [0.05, 0.1) is 34.5 Å². The lowest BCUT2D eigenvalue weighted by molar-refractivity contribution is 0.0746. The molecule has 0 unspecified atom stereocenters. The standard InChI is InChI=1S/C26H27ClN6O2/c1-4-22-28-24(31-13-15-32(16-14-31)26(34)20-7-5-6-8-21(20)27)23-17(2)30-33(25(23)29-22)18-9-11-19(35-3)12-10-18/h5-12H,4,13-16H2,1-3H3. The lowest BCUT2D eigenvalue weighted by atomic mass is 10.1. The van der Waals surface area contributed by atoms with Gasteiger partial charge in [0.1, 0.15) is 17.4 Å². The molecule has 1 amide bonds. The summed E-state index contributed by atoms with van der Waals surface area (Å²) < 4.78 is 7.16. The highest BCUT2D eigenvalue weighted by atomic mass is 35.5. The number of carbonyl (C=O) groups is 1. The first-order valence-corrected chi connectivity index (χ1v) is 12.1. The number of nitrogens with zero attached hydrogens (tertiary/aromatic N) is 6. The number of carbonyl (C=O) groups excluding carboxylic acids is 1. The van der Waals surface area contributed by atoms with E-state index in [-0.39, 0.29) is 5.91 Å². The number of rotatable bonds is 5. The Morgan fingerprint density at radius 1 is 1.03 bits per heavy atom. The molecule has 2 aromatic carbocycles. The topological polar surface area (TPSA) is 76.4 Å². The van der Waals surface area contributed by atoms with E-state index in [9.17, 15) is 4.79 Å². The lowest BCUT2D eigenvalue weighted by Gasteiger charge is -2.36. The average molecular weight is 491 g/mol. The number of aryl methyl sites for hydroxylation is 2. The maximum Gasteiger partial charge on any atom is 0.255 e. The van der Waals surface area contributed by atoms with Gasteiger partial charge in [0.15, 0.2) is 5.65 Å². The number of piperazine rings is 1. The van der Waals surface area contributed by atoms with Gasteiger partial charge in [0.2, 0.25) is 0 Å². The van der Waals surface area contributed by atoms with Crippen molar-refractivity contribution >= 4 is 34.4 Å². The van der Waals surface area contributed by atoms with E-state index in [2.05, 4.69) is 4.90 Å². The number of fused-ring (bicyclic) bond motifs is 1. The first kappa shape index (κ1) is 23.1. The Labute approximate surface area is 209 Å². The van der Waals surface area contributed by atoms with Crippen molar-refractivity contribution in [3.05, 3.63) is 70.6 Å². The van der Waals surface area contributed by atoms with E-state index in [1.165, 1.54) is 0 Å². The van der Waals surface area contributed by atoms with Gasteiger partial charge in [-0.05, 0) is 43.3 Å². The predicted molar refractivity (Wildman–Crippen MR) is 137 cm³/mol. The Bertz CT molecular complexity index is 1380. The molecule has 2 aromatic heterocycles. The smallest absolute Gasteiger partial charge is 0.255 e. The fourth-order valence-corrected chi connectivity index (χ4v) is 4.64. The number of amides is 1. The second kappa shape index (κ2) is 9.54. The van der Waals surface area contributed by atoms with Crippen LogP contribution in [-0.4, -0.2) is 63.8 Å². The maximum atomic E-state index is 13.0. The summed E-state index contributed by atoms with van der Waals surface area (Å²) in [5.74, 6) is 2.38. The van der Waals surface area contributed by atoms with Gasteiger partial charge in [-0.3, -0.25) is 4.79 Å². The van der Waals surface area contributed by atoms with Crippen molar-refractivity contribution in [1.82, 2.24) is 24.6 Å². The van der Waals surface area contributed by atoms with E-state index in [1.807, 2.05) is 59.8 Å². The Morgan fingerprint density at radius 3 is 2.40 bits per heavy atom. The first-order chi connectivity index (χ1) is 17.0. The van der Waals surface area contributed by atoms with Crippen LogP contribution in [-0.2, 0) is 6.42 Å². The second-order valence-corrected chi connectivity index (χ2v) is 8.88. The normalized spacial score (nSPS) is 13.9. The van der Waals surface area contributed by atoms with Gasteiger partial charge in [-0.2, -0.15) is 5.10 Å². The quantitative estimate of drug-likeness (QED) is 0.415. The molecule has 0 saturated carbocycles. The summed E-state index contributed by atoms with van der Waals surface area (Å²) in [4.78, 5) is 26.8. The monoisotopic (exact) mass is 490 g/mol. The van der Waals surface area contributed by atoms with Gasteiger partial charge >= 0.3 is 0 Å². The molecular formula is C26H27ClN6O2. The third-order valence-electron chi connectivity index (χ3n) is 6.33. The highest BCUT2D eigenvalue weighted by Gasteiger charge is 2.27. The van der Waals surface area contributed by atoms with Crippen LogP contribution in [0.2, 0.25) is 5.02 Å². The van der Waals surface area contributed by atoms with Crippen LogP contribution in [0.3, 0.4) is 0 Å². The molecule has 180 valence electrons. The number of benzene rings is 2. The summed E-state index contributed by atoms with van der Waals surface area (Å²) in [7, 11) is 1.65. The molecule has 0 bridgehead atoms. The zero-order valence-corrected chi connectivity index (χ0v) is 20.8. The van der Waals surface area contributed by atoms with E-state index in [0.29, 0.717) is 43.2 Å². The minimum Gasteiger partial charge on any atom is -0.497 e. The Hall–Kier alpha value is -3.65. The van der Waals surface area contributed by atoms with E-state index >= 15 is 0 Å². The van der Waals surface area contributed by atoms with Gasteiger partial charge < -0.3 is 14.5 Å². The van der Waals surface area contributed by atoms with Crippen LogP contribution in [0.5, 0.6) is 5.75 Å². The summed E-state index contributed by atoms with van der Waals surface area (Å²) in [6.07, 6.45) is 0.709. The Balaban J connectivity index is 1.46. The van der Waals surface area contributed by atoms with Gasteiger partial charge in [-0.25, -0.2) is 14.6 Å². The molecule has 5 rings (SSSR count). The number of aromatic nitrogens is 4. The van der Waals surface area contributed by atoms with E-state index in [4.69, 9.17) is 31.4 Å². The van der Waals surface area contributed by atoms with Crippen molar-refractivity contribution in [1.29, 1.82) is 0 Å². The van der Waals surface area contributed by atoms with Crippen molar-refractivity contribution in [2.24, 2.45) is 0 Å². The van der Waals surface area contributed by atoms with Crippen LogP contribution in [0, 0.1) is 6.92 Å². The third kappa shape index (κ3) is 4.30. The minimum absolute atomic E-state index is 0.0409. The molecule has 4 aromatic rings. The van der Waals surface area contributed by atoms with Crippen LogP contribution in [0.4, 0.5) is 5.82 Å². The minimum atomic E-state index is -0.0409. The summed E-state index contributed by atoms with van der Waals surface area (Å²) in [6, 6.07) is 15.0. The van der Waals surface area contributed by atoms with Crippen LogP contribution < -0.4 is 9.64 Å². The number of hydrogen-bond donors (Lipinski definition) is 0. The van der Waals surface area contributed by atoms with Crippen LogP contribution >= 0.6 is 11.6 Å². The zero-order valence-electron chi connectivity index (χ0n) is 20.0. The van der Waals surface area contributed by atoms with Gasteiger partial charge in [-0.15, -0.1) is 0 Å². The number of methoxy groups -OCH3 is 1. The second-order valence-electron chi connectivity index (χ2n) is 8.47. The van der Waals surface area contributed by atoms with E-state index < -0.39 is 0 Å². The fraction of sp³-hybridized carbons (Fsp3) is 0.308. The van der Waals surface area contributed by atoms with Gasteiger partial charge in [0, 0.05) is 32.6 Å². The molecular weight excluding hydrogens is 464 g/mol. The highest BCUT2D eigenvalue weighted by molar-refractivity contribution is 6.33. The SMILES string of the molecule is CCc1nc(N2CCN(C(=O)c3ccccc3Cl)CC2)c2c(C)nn(-c3ccc(OC)cc3)c2n1. The van der Waals surface area contributed by atoms with E-state index in [1.54, 1.807) is 19.2 Å². The number of hydrogen-bond acceptors (Lipinski definition) is 6. The maximum absolute atomic E-state index is 13.0. The zero-order chi connectivity index (χ0) is 24.5. The summed E-state index contributed by atoms with van der Waals surface area (Å²) in [6.45, 7) is 6.53. The molecule has 0 aliphatic carbocycles. The third-order valence-corrected chi connectivity index (χ3v) is 6.66. The molecule has 0 radical (unpaired) electrons. The Kier molecular flexibility index (Phi) is 6.30. The fourth-order valence-electron chi connectivity index (χ4n) is 4.42. The molecule has 1 aliphatic rings. The molecule has 3 heterocycles. The molecule has 8 nitrogen and oxygen atoms in total. The number of ether oxygens (including phenoxy) is 1. The molecule has 1 saturated heterocycles. The average Bonchev–Trinajstić information content (AvgIpc) is 3.24. The predicted octanol–water partition coefficient (Wildman–Crippen LogP) is 4.31. The van der Waals surface area contributed by atoms with Crippen molar-refractivity contribution in [3.63, 3.8) is 0 Å². The molecule has 0 spiro atoms. The lowest BCUT2D eigenvalue weighted by Crippen LogP contribution is -2.49. The molecule has 0 N–H and O–H groups in total. The summed E-state index contributed by atoms with van der Waals surface area (Å²) in [5.41, 5.74) is 3.09. The molecule has 9 heteroatoms. The van der Waals surface area contributed by atoms with Crippen LogP contribution in [0.1, 0.15) is 28.8 Å². The van der Waals surface area contributed by atoms with E-state index in [0.717, 1.165) is 39.8 Å². The van der Waals surface area contributed by atoms with Crippen molar-refractivity contribution < 1.29 is 9.53 Å². The molecule has 1 fully saturated rings. The Morgan fingerprint density at radius 2 is 1.74 bits per heavy atom. The summed E-state index contributed by atoms with van der Waals surface area (Å²) in [5, 5.41) is 6.22. The first-order valence-electron chi connectivity index (χ1n) is 11.7. The van der Waals surface area contributed by atoms with Crippen molar-refractivity contribution in [2.75, 3.05) is 38.2 Å². The van der Waals surface area contributed by atoms with Crippen molar-refractivity contribution in [3.8, 4) is 11.4 Å². The number of anilines is 1. The highest BCUT2D eigenvalue weighted by Crippen LogP contribution is 2.30. The van der Waals surface area contributed by atoms with Crippen molar-refractivity contribution in [2.45, 2.75) is 20.3 Å². The summed E-state index contributed by atoms with van der Waals surface area (Å²) >= 11 is 6.26. The van der Waals surface area contributed by atoms with Crippen LogP contribution in [0.15, 0.2) is 48.5 Å². The largest absolute Gasteiger partial charge is 0.497 e. The van der Waals surface area contributed by atoms with Gasteiger partial charge in [0.25, 0.3) is 5.91 Å². The van der Waals surface area contributed by atoms with Gasteiger partial charge in [-0.1, -0.05) is 30.7 Å². The number of halogens is 1. The van der Waals surface area contributed by atoms with Crippen LogP contribution in [0.25, 0.3) is 16.7 Å². The molecule has 0 atom stereocenters.